The molecule has 0 aliphatic rings. The highest BCUT2D eigenvalue weighted by atomic mass is 16.2. The van der Waals surface area contributed by atoms with E-state index in [0.29, 0.717) is 0 Å². The summed E-state index contributed by atoms with van der Waals surface area (Å²) in [5, 5.41) is 8.38. The monoisotopic (exact) mass is 182 g/mol. The summed E-state index contributed by atoms with van der Waals surface area (Å²) in [6, 6.07) is 1.89. The topological polar surface area (TPSA) is 44.1 Å². The van der Waals surface area contributed by atoms with E-state index in [1.54, 1.807) is 4.90 Å². The SMILES string of the molecule is CCCCN(CCC)C(=O)CC#N. The van der Waals surface area contributed by atoms with E-state index in [4.69, 9.17) is 5.26 Å². The molecule has 1 amide bonds. The van der Waals surface area contributed by atoms with Gasteiger partial charge >= 0.3 is 0 Å². The lowest BCUT2D eigenvalue weighted by molar-refractivity contribution is -0.130. The van der Waals surface area contributed by atoms with Crippen LogP contribution in [0.1, 0.15) is 39.5 Å². The van der Waals surface area contributed by atoms with E-state index < -0.39 is 0 Å². The molecule has 0 aromatic carbocycles. The van der Waals surface area contributed by atoms with Crippen molar-refractivity contribution in [2.75, 3.05) is 13.1 Å². The van der Waals surface area contributed by atoms with Crippen LogP contribution in [0.25, 0.3) is 0 Å². The minimum atomic E-state index is -0.0298. The highest BCUT2D eigenvalue weighted by Gasteiger charge is 2.10. The zero-order valence-electron chi connectivity index (χ0n) is 8.55. The van der Waals surface area contributed by atoms with Gasteiger partial charge in [0.05, 0.1) is 6.07 Å². The summed E-state index contributed by atoms with van der Waals surface area (Å²) in [5.74, 6) is -0.0298. The van der Waals surface area contributed by atoms with Gasteiger partial charge in [-0.05, 0) is 12.8 Å². The van der Waals surface area contributed by atoms with Gasteiger partial charge < -0.3 is 4.90 Å². The molecule has 0 spiro atoms. The summed E-state index contributed by atoms with van der Waals surface area (Å²) >= 11 is 0. The van der Waals surface area contributed by atoms with Crippen LogP contribution in [-0.2, 0) is 4.79 Å². The average Bonchev–Trinajstić information content (AvgIpc) is 2.12. The molecule has 0 rings (SSSR count). The number of nitrogens with zero attached hydrogens (tertiary/aromatic N) is 2. The van der Waals surface area contributed by atoms with Crippen molar-refractivity contribution < 1.29 is 4.79 Å². The lowest BCUT2D eigenvalue weighted by atomic mass is 10.2. The average molecular weight is 182 g/mol. The number of carbonyl (C=O) groups is 1. The van der Waals surface area contributed by atoms with Crippen molar-refractivity contribution in [3.8, 4) is 6.07 Å². The van der Waals surface area contributed by atoms with Crippen molar-refractivity contribution in [2.45, 2.75) is 39.5 Å². The first-order valence-electron chi connectivity index (χ1n) is 4.91. The molecule has 0 aliphatic heterocycles. The van der Waals surface area contributed by atoms with Crippen LogP contribution in [-0.4, -0.2) is 23.9 Å². The van der Waals surface area contributed by atoms with E-state index in [0.717, 1.165) is 32.4 Å². The zero-order valence-corrected chi connectivity index (χ0v) is 8.55. The van der Waals surface area contributed by atoms with Gasteiger partial charge in [-0.15, -0.1) is 0 Å². The second kappa shape index (κ2) is 7.60. The molecule has 0 saturated heterocycles. The number of unbranched alkanes of at least 4 members (excludes halogenated alkanes) is 1. The van der Waals surface area contributed by atoms with Crippen molar-refractivity contribution in [3.05, 3.63) is 0 Å². The van der Waals surface area contributed by atoms with Gasteiger partial charge in [-0.25, -0.2) is 0 Å². The Morgan fingerprint density at radius 3 is 2.46 bits per heavy atom. The molecule has 0 fully saturated rings. The van der Waals surface area contributed by atoms with Crippen molar-refractivity contribution in [1.82, 2.24) is 4.90 Å². The van der Waals surface area contributed by atoms with Gasteiger partial charge in [-0.1, -0.05) is 20.3 Å². The summed E-state index contributed by atoms with van der Waals surface area (Å²) in [4.78, 5) is 13.1. The van der Waals surface area contributed by atoms with E-state index in [9.17, 15) is 4.79 Å². The van der Waals surface area contributed by atoms with Gasteiger partial charge in [0, 0.05) is 13.1 Å². The highest BCUT2D eigenvalue weighted by Crippen LogP contribution is 1.99. The highest BCUT2D eigenvalue weighted by molar-refractivity contribution is 5.78. The fourth-order valence-electron chi connectivity index (χ4n) is 1.16. The van der Waals surface area contributed by atoms with Crippen LogP contribution in [0.2, 0.25) is 0 Å². The number of nitriles is 1. The van der Waals surface area contributed by atoms with E-state index in [2.05, 4.69) is 6.92 Å². The van der Waals surface area contributed by atoms with Gasteiger partial charge in [-0.2, -0.15) is 5.26 Å². The Bertz CT molecular complexity index is 184. The third kappa shape index (κ3) is 5.24. The Labute approximate surface area is 80.3 Å². The van der Waals surface area contributed by atoms with E-state index >= 15 is 0 Å². The molecule has 74 valence electrons. The summed E-state index contributed by atoms with van der Waals surface area (Å²) in [6.07, 6.45) is 3.09. The van der Waals surface area contributed by atoms with Gasteiger partial charge in [0.15, 0.2) is 0 Å². The van der Waals surface area contributed by atoms with E-state index in [1.807, 2.05) is 13.0 Å². The molecule has 0 saturated carbocycles. The number of rotatable bonds is 6. The van der Waals surface area contributed by atoms with Crippen molar-refractivity contribution in [3.63, 3.8) is 0 Å². The molecule has 0 radical (unpaired) electrons. The standard InChI is InChI=1S/C10H18N2O/c1-3-5-9-12(8-4-2)10(13)6-7-11/h3-6,8-9H2,1-2H3. The molecule has 13 heavy (non-hydrogen) atoms. The smallest absolute Gasteiger partial charge is 0.236 e. The van der Waals surface area contributed by atoms with Crippen molar-refractivity contribution in [2.24, 2.45) is 0 Å². The molecule has 0 aliphatic carbocycles. The number of carbonyl (C=O) groups excluding carboxylic acids is 1. The predicted molar refractivity (Wildman–Crippen MR) is 52.0 cm³/mol. The summed E-state index contributed by atoms with van der Waals surface area (Å²) in [6.45, 7) is 5.71. The maximum atomic E-state index is 11.3. The first kappa shape index (κ1) is 12.0. The molecule has 0 aromatic rings. The van der Waals surface area contributed by atoms with Crippen LogP contribution in [0.15, 0.2) is 0 Å². The van der Waals surface area contributed by atoms with Crippen LogP contribution < -0.4 is 0 Å². The molecule has 0 N–H and O–H groups in total. The Hall–Kier alpha value is -1.04. The molecule has 0 heterocycles. The second-order valence-electron chi connectivity index (χ2n) is 3.07. The lowest BCUT2D eigenvalue weighted by Gasteiger charge is -2.20. The first-order chi connectivity index (χ1) is 6.26. The summed E-state index contributed by atoms with van der Waals surface area (Å²) < 4.78 is 0. The van der Waals surface area contributed by atoms with Gasteiger partial charge in [0.25, 0.3) is 0 Å². The predicted octanol–water partition coefficient (Wildman–Crippen LogP) is 1.94. The quantitative estimate of drug-likeness (QED) is 0.630. The van der Waals surface area contributed by atoms with Crippen molar-refractivity contribution >= 4 is 5.91 Å². The van der Waals surface area contributed by atoms with Crippen LogP contribution in [0.3, 0.4) is 0 Å². The number of amides is 1. The number of hydrogen-bond acceptors (Lipinski definition) is 2. The largest absolute Gasteiger partial charge is 0.342 e. The zero-order chi connectivity index (χ0) is 10.1. The summed E-state index contributed by atoms with van der Waals surface area (Å²) in [7, 11) is 0. The molecular formula is C10H18N2O. The van der Waals surface area contributed by atoms with Gasteiger partial charge in [0.2, 0.25) is 5.91 Å². The minimum Gasteiger partial charge on any atom is -0.342 e. The van der Waals surface area contributed by atoms with E-state index in [1.165, 1.54) is 0 Å². The molecule has 3 heteroatoms. The van der Waals surface area contributed by atoms with Crippen molar-refractivity contribution in [1.29, 1.82) is 5.26 Å². The van der Waals surface area contributed by atoms with Crippen LogP contribution >= 0.6 is 0 Å². The molecule has 0 atom stereocenters. The maximum absolute atomic E-state index is 11.3. The Morgan fingerprint density at radius 1 is 1.31 bits per heavy atom. The lowest BCUT2D eigenvalue weighted by Crippen LogP contribution is -2.32. The van der Waals surface area contributed by atoms with Crippen LogP contribution in [0.4, 0.5) is 0 Å². The Kier molecular flexibility index (Phi) is 6.99. The third-order valence-electron chi connectivity index (χ3n) is 1.86. The first-order valence-corrected chi connectivity index (χ1v) is 4.91. The molecule has 0 aromatic heterocycles. The fourth-order valence-corrected chi connectivity index (χ4v) is 1.16. The molecule has 0 bridgehead atoms. The Morgan fingerprint density at radius 2 is 2.00 bits per heavy atom. The van der Waals surface area contributed by atoms with Crippen LogP contribution in [0, 0.1) is 11.3 Å². The minimum absolute atomic E-state index is 0.0176. The normalized spacial score (nSPS) is 9.31. The third-order valence-corrected chi connectivity index (χ3v) is 1.86. The Balaban J connectivity index is 3.92. The summed E-state index contributed by atoms with van der Waals surface area (Å²) in [5.41, 5.74) is 0. The van der Waals surface area contributed by atoms with Gasteiger partial charge in [-0.3, -0.25) is 4.79 Å². The van der Waals surface area contributed by atoms with Gasteiger partial charge in [0.1, 0.15) is 6.42 Å². The van der Waals surface area contributed by atoms with E-state index in [-0.39, 0.29) is 12.3 Å². The second-order valence-corrected chi connectivity index (χ2v) is 3.07. The maximum Gasteiger partial charge on any atom is 0.236 e. The number of hydrogen-bond donors (Lipinski definition) is 0. The molecule has 3 nitrogen and oxygen atoms in total. The molecular weight excluding hydrogens is 164 g/mol. The van der Waals surface area contributed by atoms with Crippen LogP contribution in [0.5, 0.6) is 0 Å². The molecule has 0 unspecified atom stereocenters. The fraction of sp³-hybridized carbons (Fsp3) is 0.800.